The molecule has 32 heavy (non-hydrogen) atoms. The Hall–Kier alpha value is -2.86. The van der Waals surface area contributed by atoms with E-state index >= 15 is 0 Å². The molecule has 2 atom stereocenters. The zero-order valence-electron chi connectivity index (χ0n) is 19.0. The molecular formula is C26H32N4O2. The molecule has 2 aromatic rings. The summed E-state index contributed by atoms with van der Waals surface area (Å²) in [5, 5.41) is 3.37. The summed E-state index contributed by atoms with van der Waals surface area (Å²) in [6.07, 6.45) is 1.67. The Morgan fingerprint density at radius 1 is 1.03 bits per heavy atom. The molecule has 168 valence electrons. The van der Waals surface area contributed by atoms with Crippen LogP contribution in [0.1, 0.15) is 28.8 Å². The minimum absolute atomic E-state index is 0.0690. The molecular weight excluding hydrogens is 400 g/mol. The fourth-order valence-corrected chi connectivity index (χ4v) is 5.80. The SMILES string of the molecule is CN(C)c1ccc(C(=O)N2CCC3(CC2)NC(=O)[C@@H]2CN(Cc4ccccc4)C[C@@H]23)cc1. The van der Waals surface area contributed by atoms with E-state index in [1.807, 2.05) is 54.2 Å². The van der Waals surface area contributed by atoms with Gasteiger partial charge in [-0.1, -0.05) is 30.3 Å². The summed E-state index contributed by atoms with van der Waals surface area (Å²) in [5.74, 6) is 0.683. The summed E-state index contributed by atoms with van der Waals surface area (Å²) >= 11 is 0. The van der Waals surface area contributed by atoms with Crippen molar-refractivity contribution in [2.75, 3.05) is 45.2 Å². The van der Waals surface area contributed by atoms with Gasteiger partial charge in [-0.2, -0.15) is 0 Å². The zero-order valence-corrected chi connectivity index (χ0v) is 19.0. The first-order valence-corrected chi connectivity index (χ1v) is 11.6. The Morgan fingerprint density at radius 3 is 2.38 bits per heavy atom. The van der Waals surface area contributed by atoms with Gasteiger partial charge in [0.1, 0.15) is 0 Å². The average molecular weight is 433 g/mol. The van der Waals surface area contributed by atoms with Crippen LogP contribution in [0.4, 0.5) is 5.69 Å². The number of rotatable bonds is 4. The second-order valence-electron chi connectivity index (χ2n) is 9.77. The highest BCUT2D eigenvalue weighted by atomic mass is 16.2. The summed E-state index contributed by atoms with van der Waals surface area (Å²) in [7, 11) is 3.99. The number of nitrogens with zero attached hydrogens (tertiary/aromatic N) is 3. The van der Waals surface area contributed by atoms with Crippen molar-refractivity contribution in [3.8, 4) is 0 Å². The van der Waals surface area contributed by atoms with Crippen molar-refractivity contribution in [3.63, 3.8) is 0 Å². The van der Waals surface area contributed by atoms with E-state index in [-0.39, 0.29) is 23.3 Å². The standard InChI is InChI=1S/C26H32N4O2/c1-28(2)21-10-8-20(9-11-21)25(32)30-14-12-26(13-15-30)23-18-29(17-22(23)24(31)27-26)16-19-6-4-3-5-7-19/h3-11,22-23H,12-18H2,1-2H3,(H,27,31)/t22-,23+/m1/s1. The lowest BCUT2D eigenvalue weighted by Gasteiger charge is -2.42. The first-order chi connectivity index (χ1) is 15.4. The van der Waals surface area contributed by atoms with Crippen molar-refractivity contribution in [2.24, 2.45) is 11.8 Å². The van der Waals surface area contributed by atoms with Gasteiger partial charge in [-0.15, -0.1) is 0 Å². The second kappa shape index (κ2) is 8.24. The van der Waals surface area contributed by atoms with Crippen LogP contribution < -0.4 is 10.2 Å². The fraction of sp³-hybridized carbons (Fsp3) is 0.462. The van der Waals surface area contributed by atoms with Gasteiger partial charge in [-0.25, -0.2) is 0 Å². The van der Waals surface area contributed by atoms with Gasteiger partial charge in [-0.3, -0.25) is 14.5 Å². The second-order valence-corrected chi connectivity index (χ2v) is 9.77. The molecule has 3 saturated heterocycles. The third-order valence-corrected chi connectivity index (χ3v) is 7.64. The number of hydrogen-bond donors (Lipinski definition) is 1. The van der Waals surface area contributed by atoms with Crippen LogP contribution >= 0.6 is 0 Å². The molecule has 3 heterocycles. The van der Waals surface area contributed by atoms with Gasteiger partial charge in [-0.05, 0) is 42.7 Å². The number of fused-ring (bicyclic) bond motifs is 2. The third-order valence-electron chi connectivity index (χ3n) is 7.64. The van der Waals surface area contributed by atoms with Crippen LogP contribution in [0.2, 0.25) is 0 Å². The van der Waals surface area contributed by atoms with E-state index in [0.717, 1.165) is 43.7 Å². The van der Waals surface area contributed by atoms with Gasteiger partial charge >= 0.3 is 0 Å². The van der Waals surface area contributed by atoms with Crippen molar-refractivity contribution in [2.45, 2.75) is 24.9 Å². The summed E-state index contributed by atoms with van der Waals surface area (Å²) in [4.78, 5) is 32.3. The number of carbonyl (C=O) groups excluding carboxylic acids is 2. The van der Waals surface area contributed by atoms with Crippen LogP contribution in [0, 0.1) is 11.8 Å². The maximum Gasteiger partial charge on any atom is 0.253 e. The maximum atomic E-state index is 13.0. The van der Waals surface area contributed by atoms with Crippen LogP contribution in [0.3, 0.4) is 0 Å². The third kappa shape index (κ3) is 3.77. The van der Waals surface area contributed by atoms with Crippen LogP contribution in [0.5, 0.6) is 0 Å². The summed E-state index contributed by atoms with van der Waals surface area (Å²) in [6.45, 7) is 4.05. The predicted molar refractivity (Wildman–Crippen MR) is 125 cm³/mol. The Bertz CT molecular complexity index is 981. The lowest BCUT2D eigenvalue weighted by atomic mass is 9.75. The van der Waals surface area contributed by atoms with E-state index in [1.54, 1.807) is 0 Å². The molecule has 2 aromatic carbocycles. The number of benzene rings is 2. The van der Waals surface area contributed by atoms with Crippen LogP contribution in [0.15, 0.2) is 54.6 Å². The van der Waals surface area contributed by atoms with Gasteiger partial charge in [0.15, 0.2) is 0 Å². The van der Waals surface area contributed by atoms with E-state index in [0.29, 0.717) is 19.0 Å². The normalized spacial score (nSPS) is 24.4. The van der Waals surface area contributed by atoms with Gasteiger partial charge in [0.05, 0.1) is 5.92 Å². The number of nitrogens with one attached hydrogen (secondary N) is 1. The molecule has 2 amide bonds. The highest BCUT2D eigenvalue weighted by Crippen LogP contribution is 2.44. The van der Waals surface area contributed by atoms with Gasteiger partial charge in [0, 0.05) is 69.5 Å². The minimum Gasteiger partial charge on any atom is -0.378 e. The van der Waals surface area contributed by atoms with Crippen molar-refractivity contribution in [1.82, 2.24) is 15.1 Å². The average Bonchev–Trinajstić information content (AvgIpc) is 3.34. The summed E-state index contributed by atoms with van der Waals surface area (Å²) in [6, 6.07) is 18.3. The predicted octanol–water partition coefficient (Wildman–Crippen LogP) is 2.61. The van der Waals surface area contributed by atoms with E-state index < -0.39 is 0 Å². The topological polar surface area (TPSA) is 55.9 Å². The molecule has 1 spiro atoms. The molecule has 3 aliphatic heterocycles. The lowest BCUT2D eigenvalue weighted by molar-refractivity contribution is -0.123. The lowest BCUT2D eigenvalue weighted by Crippen LogP contribution is -2.56. The molecule has 5 rings (SSSR count). The van der Waals surface area contributed by atoms with Gasteiger partial charge < -0.3 is 15.1 Å². The molecule has 0 aliphatic carbocycles. The minimum atomic E-state index is -0.168. The smallest absolute Gasteiger partial charge is 0.253 e. The Labute approximate surface area is 190 Å². The molecule has 0 bridgehead atoms. The fourth-order valence-electron chi connectivity index (χ4n) is 5.80. The number of hydrogen-bond acceptors (Lipinski definition) is 4. The van der Waals surface area contributed by atoms with Gasteiger partial charge in [0.2, 0.25) is 5.91 Å². The molecule has 1 N–H and O–H groups in total. The van der Waals surface area contributed by atoms with E-state index in [1.165, 1.54) is 5.56 Å². The molecule has 6 nitrogen and oxygen atoms in total. The quantitative estimate of drug-likeness (QED) is 0.807. The number of piperidine rings is 1. The summed E-state index contributed by atoms with van der Waals surface area (Å²) in [5.41, 5.74) is 2.94. The number of anilines is 1. The molecule has 0 aromatic heterocycles. The first kappa shape index (κ1) is 21.0. The van der Waals surface area contributed by atoms with E-state index in [9.17, 15) is 9.59 Å². The number of carbonyl (C=O) groups is 2. The van der Waals surface area contributed by atoms with E-state index in [2.05, 4.69) is 34.5 Å². The Kier molecular flexibility index (Phi) is 5.41. The van der Waals surface area contributed by atoms with E-state index in [4.69, 9.17) is 0 Å². The van der Waals surface area contributed by atoms with Crippen LogP contribution in [-0.2, 0) is 11.3 Å². The first-order valence-electron chi connectivity index (χ1n) is 11.6. The van der Waals surface area contributed by atoms with Crippen molar-refractivity contribution in [3.05, 3.63) is 65.7 Å². The molecule has 0 saturated carbocycles. The largest absolute Gasteiger partial charge is 0.378 e. The number of likely N-dealkylation sites (tertiary alicyclic amines) is 2. The Morgan fingerprint density at radius 2 is 1.72 bits per heavy atom. The van der Waals surface area contributed by atoms with Crippen LogP contribution in [0.25, 0.3) is 0 Å². The van der Waals surface area contributed by atoms with Crippen molar-refractivity contribution >= 4 is 17.5 Å². The van der Waals surface area contributed by atoms with Gasteiger partial charge in [0.25, 0.3) is 5.91 Å². The highest BCUT2D eigenvalue weighted by Gasteiger charge is 2.57. The van der Waals surface area contributed by atoms with Crippen molar-refractivity contribution < 1.29 is 9.59 Å². The molecule has 0 radical (unpaired) electrons. The monoisotopic (exact) mass is 432 g/mol. The van der Waals surface area contributed by atoms with Crippen LogP contribution in [-0.4, -0.2) is 67.4 Å². The highest BCUT2D eigenvalue weighted by molar-refractivity contribution is 5.94. The maximum absolute atomic E-state index is 13.0. The Balaban J connectivity index is 1.23. The molecule has 0 unspecified atom stereocenters. The molecule has 3 fully saturated rings. The summed E-state index contributed by atoms with van der Waals surface area (Å²) < 4.78 is 0. The van der Waals surface area contributed by atoms with Crippen molar-refractivity contribution in [1.29, 1.82) is 0 Å². The molecule has 6 heteroatoms. The zero-order chi connectivity index (χ0) is 22.3. The number of amides is 2. The molecule has 3 aliphatic rings.